The number of hydrogen-bond donors (Lipinski definition) is 1. The molecule has 0 bridgehead atoms. The Morgan fingerprint density at radius 3 is 2.63 bits per heavy atom. The first-order chi connectivity index (χ1) is 9.22. The number of hydrogen-bond acceptors (Lipinski definition) is 1. The van der Waals surface area contributed by atoms with E-state index >= 15 is 0 Å². The minimum Gasteiger partial charge on any atom is -0.381 e. The van der Waals surface area contributed by atoms with E-state index in [4.69, 9.17) is 23.2 Å². The average molecular weight is 292 g/mol. The van der Waals surface area contributed by atoms with Crippen molar-refractivity contribution in [3.05, 3.63) is 63.6 Å². The Labute approximate surface area is 123 Å². The van der Waals surface area contributed by atoms with Gasteiger partial charge in [-0.1, -0.05) is 47.5 Å². The van der Waals surface area contributed by atoms with Crippen LogP contribution in [0.15, 0.2) is 42.5 Å². The monoisotopic (exact) mass is 291 g/mol. The highest BCUT2D eigenvalue weighted by Crippen LogP contribution is 2.29. The molecular formula is C16H15Cl2N. The van der Waals surface area contributed by atoms with Crippen LogP contribution in [-0.4, -0.2) is 6.04 Å². The van der Waals surface area contributed by atoms with Gasteiger partial charge in [0.25, 0.3) is 0 Å². The van der Waals surface area contributed by atoms with Gasteiger partial charge < -0.3 is 5.32 Å². The van der Waals surface area contributed by atoms with Gasteiger partial charge in [-0.25, -0.2) is 0 Å². The molecule has 0 radical (unpaired) electrons. The molecule has 0 fully saturated rings. The van der Waals surface area contributed by atoms with Gasteiger partial charge in [0.1, 0.15) is 0 Å². The zero-order valence-corrected chi connectivity index (χ0v) is 12.0. The van der Waals surface area contributed by atoms with Gasteiger partial charge in [0.15, 0.2) is 0 Å². The van der Waals surface area contributed by atoms with Gasteiger partial charge in [-0.2, -0.15) is 0 Å². The lowest BCUT2D eigenvalue weighted by atomic mass is 9.88. The van der Waals surface area contributed by atoms with E-state index in [1.165, 1.54) is 11.1 Å². The van der Waals surface area contributed by atoms with E-state index in [0.29, 0.717) is 11.1 Å². The fourth-order valence-electron chi connectivity index (χ4n) is 2.65. The van der Waals surface area contributed by atoms with E-state index < -0.39 is 0 Å². The van der Waals surface area contributed by atoms with E-state index in [1.54, 1.807) is 0 Å². The summed E-state index contributed by atoms with van der Waals surface area (Å²) in [5, 5.41) is 4.95. The van der Waals surface area contributed by atoms with Crippen molar-refractivity contribution >= 4 is 28.9 Å². The normalized spacial score (nSPS) is 17.9. The third kappa shape index (κ3) is 2.88. The van der Waals surface area contributed by atoms with Crippen molar-refractivity contribution in [1.82, 2.24) is 0 Å². The summed E-state index contributed by atoms with van der Waals surface area (Å²) in [5.74, 6) is 0. The lowest BCUT2D eigenvalue weighted by Crippen LogP contribution is -2.27. The van der Waals surface area contributed by atoms with Crippen LogP contribution in [0.5, 0.6) is 0 Å². The van der Waals surface area contributed by atoms with Crippen molar-refractivity contribution in [1.29, 1.82) is 0 Å². The fraction of sp³-hybridized carbons (Fsp3) is 0.250. The molecule has 1 aliphatic carbocycles. The van der Waals surface area contributed by atoms with Crippen LogP contribution in [0, 0.1) is 0 Å². The highest BCUT2D eigenvalue weighted by molar-refractivity contribution is 6.35. The van der Waals surface area contributed by atoms with Gasteiger partial charge >= 0.3 is 0 Å². The van der Waals surface area contributed by atoms with E-state index in [2.05, 4.69) is 29.6 Å². The summed E-state index contributed by atoms with van der Waals surface area (Å²) >= 11 is 12.2. The van der Waals surface area contributed by atoms with Crippen LogP contribution in [0.2, 0.25) is 10.0 Å². The van der Waals surface area contributed by atoms with Crippen molar-refractivity contribution in [2.45, 2.75) is 25.3 Å². The van der Waals surface area contributed by atoms with Gasteiger partial charge in [-0.05, 0) is 48.6 Å². The molecule has 2 aromatic carbocycles. The quantitative estimate of drug-likeness (QED) is 0.824. The second kappa shape index (κ2) is 5.44. The molecule has 3 heteroatoms. The number of benzene rings is 2. The van der Waals surface area contributed by atoms with Gasteiger partial charge in [-0.3, -0.25) is 0 Å². The van der Waals surface area contributed by atoms with Crippen molar-refractivity contribution in [2.75, 3.05) is 5.32 Å². The zero-order chi connectivity index (χ0) is 13.2. The Kier molecular flexibility index (Phi) is 3.67. The molecule has 1 aliphatic rings. The van der Waals surface area contributed by atoms with Crippen LogP contribution < -0.4 is 5.32 Å². The molecule has 0 saturated heterocycles. The first-order valence-electron chi connectivity index (χ1n) is 6.51. The van der Waals surface area contributed by atoms with E-state index in [9.17, 15) is 0 Å². The molecule has 3 rings (SSSR count). The van der Waals surface area contributed by atoms with E-state index in [1.807, 2.05) is 18.2 Å². The predicted molar refractivity (Wildman–Crippen MR) is 82.3 cm³/mol. The maximum atomic E-state index is 6.19. The summed E-state index contributed by atoms with van der Waals surface area (Å²) in [6.07, 6.45) is 3.28. The molecule has 19 heavy (non-hydrogen) atoms. The van der Waals surface area contributed by atoms with Crippen LogP contribution in [0.4, 0.5) is 5.69 Å². The molecular weight excluding hydrogens is 277 g/mol. The lowest BCUT2D eigenvalue weighted by Gasteiger charge is -2.26. The van der Waals surface area contributed by atoms with Crippen molar-refractivity contribution in [3.63, 3.8) is 0 Å². The second-order valence-electron chi connectivity index (χ2n) is 4.98. The molecule has 0 aliphatic heterocycles. The van der Waals surface area contributed by atoms with Crippen LogP contribution in [0.25, 0.3) is 0 Å². The van der Waals surface area contributed by atoms with Crippen LogP contribution in [0.3, 0.4) is 0 Å². The van der Waals surface area contributed by atoms with E-state index in [0.717, 1.165) is 30.0 Å². The molecule has 2 aromatic rings. The average Bonchev–Trinajstić information content (AvgIpc) is 2.43. The topological polar surface area (TPSA) is 12.0 Å². The molecule has 1 atom stereocenters. The summed E-state index contributed by atoms with van der Waals surface area (Å²) < 4.78 is 0. The number of halogens is 2. The standard InChI is InChI=1S/C16H15Cl2N/c17-13-6-8-15(18)16(10-13)19-14-7-5-11-3-1-2-4-12(11)9-14/h1-4,6,8,10,14,19H,5,7,9H2. The van der Waals surface area contributed by atoms with E-state index in [-0.39, 0.29) is 0 Å². The number of aryl methyl sites for hydroxylation is 1. The Hall–Kier alpha value is -1.18. The molecule has 0 aromatic heterocycles. The SMILES string of the molecule is Clc1ccc(Cl)c(NC2CCc3ccccc3C2)c1. The molecule has 0 spiro atoms. The summed E-state index contributed by atoms with van der Waals surface area (Å²) in [6.45, 7) is 0. The molecule has 98 valence electrons. The van der Waals surface area contributed by atoms with Gasteiger partial charge in [0.2, 0.25) is 0 Å². The Bertz CT molecular complexity index is 595. The molecule has 1 N–H and O–H groups in total. The summed E-state index contributed by atoms with van der Waals surface area (Å²) in [6, 6.07) is 14.6. The summed E-state index contributed by atoms with van der Waals surface area (Å²) in [5.41, 5.74) is 3.83. The smallest absolute Gasteiger partial charge is 0.0638 e. The Morgan fingerprint density at radius 1 is 1.00 bits per heavy atom. The lowest BCUT2D eigenvalue weighted by molar-refractivity contribution is 0.611. The van der Waals surface area contributed by atoms with Gasteiger partial charge in [0.05, 0.1) is 10.7 Å². The second-order valence-corrected chi connectivity index (χ2v) is 5.82. The molecule has 1 unspecified atom stereocenters. The third-order valence-corrected chi connectivity index (χ3v) is 4.20. The van der Waals surface area contributed by atoms with Crippen molar-refractivity contribution in [3.8, 4) is 0 Å². The summed E-state index contributed by atoms with van der Waals surface area (Å²) in [7, 11) is 0. The molecule has 0 saturated carbocycles. The molecule has 1 nitrogen and oxygen atoms in total. The maximum absolute atomic E-state index is 6.19. The number of rotatable bonds is 2. The van der Waals surface area contributed by atoms with Crippen LogP contribution >= 0.6 is 23.2 Å². The van der Waals surface area contributed by atoms with Crippen LogP contribution in [0.1, 0.15) is 17.5 Å². The van der Waals surface area contributed by atoms with Crippen molar-refractivity contribution < 1.29 is 0 Å². The van der Waals surface area contributed by atoms with Gasteiger partial charge in [0, 0.05) is 11.1 Å². The largest absolute Gasteiger partial charge is 0.381 e. The Balaban J connectivity index is 1.77. The highest BCUT2D eigenvalue weighted by atomic mass is 35.5. The Morgan fingerprint density at radius 2 is 1.79 bits per heavy atom. The molecule has 0 heterocycles. The maximum Gasteiger partial charge on any atom is 0.0638 e. The van der Waals surface area contributed by atoms with Crippen molar-refractivity contribution in [2.24, 2.45) is 0 Å². The molecule has 0 amide bonds. The minimum atomic E-state index is 0.422. The number of fused-ring (bicyclic) bond motifs is 1. The third-order valence-electron chi connectivity index (χ3n) is 3.63. The highest BCUT2D eigenvalue weighted by Gasteiger charge is 2.18. The first kappa shape index (κ1) is 12.8. The van der Waals surface area contributed by atoms with Crippen LogP contribution in [-0.2, 0) is 12.8 Å². The fourth-order valence-corrected chi connectivity index (χ4v) is 2.99. The zero-order valence-electron chi connectivity index (χ0n) is 10.5. The number of anilines is 1. The van der Waals surface area contributed by atoms with Gasteiger partial charge in [-0.15, -0.1) is 0 Å². The minimum absolute atomic E-state index is 0.422. The summed E-state index contributed by atoms with van der Waals surface area (Å²) in [4.78, 5) is 0. The predicted octanol–water partition coefficient (Wildman–Crippen LogP) is 4.96. The first-order valence-corrected chi connectivity index (χ1v) is 7.26. The number of nitrogens with one attached hydrogen (secondary N) is 1.